The normalized spacial score (nSPS) is 11.8. The second-order valence-corrected chi connectivity index (χ2v) is 21.2. The minimum atomic E-state index is -4.84. The van der Waals surface area contributed by atoms with Crippen LogP contribution in [0, 0.1) is 68.5 Å². The first-order chi connectivity index (χ1) is 37.5. The van der Waals surface area contributed by atoms with Crippen molar-refractivity contribution in [2.45, 2.75) is 61.6 Å². The first kappa shape index (κ1) is 49.4. The van der Waals surface area contributed by atoms with E-state index >= 15 is 13.2 Å². The van der Waals surface area contributed by atoms with E-state index in [0.29, 0.717) is 11.4 Å². The van der Waals surface area contributed by atoms with Crippen LogP contribution in [-0.2, 0) is 6.18 Å². The van der Waals surface area contributed by atoms with Gasteiger partial charge in [-0.15, -0.1) is 0 Å². The highest BCUT2D eigenvalue weighted by molar-refractivity contribution is 6.14. The van der Waals surface area contributed by atoms with Crippen molar-refractivity contribution in [1.29, 1.82) is 0 Å². The topological polar surface area (TPSA) is 18.6 Å². The van der Waals surface area contributed by atoms with Gasteiger partial charge in [-0.05, 0) is 176 Å². The summed E-state index contributed by atoms with van der Waals surface area (Å²) >= 11 is 0. The molecule has 0 saturated carbocycles. The van der Waals surface area contributed by atoms with Crippen molar-refractivity contribution in [2.75, 3.05) is 0 Å². The van der Waals surface area contributed by atoms with Crippen LogP contribution in [0.25, 0.3) is 120 Å². The summed E-state index contributed by atoms with van der Waals surface area (Å²) in [6.07, 6.45) is -4.84. The predicted octanol–water partition coefficient (Wildman–Crippen LogP) is 20.8. The van der Waals surface area contributed by atoms with Crippen LogP contribution in [0.5, 0.6) is 0 Å². The Morgan fingerprint density at radius 3 is 0.974 bits per heavy atom. The van der Waals surface area contributed by atoms with Gasteiger partial charge in [-0.25, -0.2) is 9.69 Å². The molecule has 0 fully saturated rings. The molecular formula is C71H53F3N4. The molecule has 0 radical (unpaired) electrons. The number of fused-ring (bicyclic) bond motifs is 6. The summed E-state index contributed by atoms with van der Waals surface area (Å²) in [7, 11) is 0. The number of rotatable bonds is 7. The Hall–Kier alpha value is -9.43. The van der Waals surface area contributed by atoms with Crippen LogP contribution >= 0.6 is 0 Å². The number of hydrogen-bond acceptors (Lipinski definition) is 0. The number of aryl methyl sites for hydroxylation is 8. The zero-order valence-corrected chi connectivity index (χ0v) is 44.7. The molecule has 10 aromatic carbocycles. The lowest BCUT2D eigenvalue weighted by Crippen LogP contribution is -2.08. The van der Waals surface area contributed by atoms with E-state index in [-0.39, 0.29) is 22.5 Å². The number of nitrogens with zero attached hydrogens (tertiary/aromatic N) is 4. The molecule has 2 aromatic heterocycles. The molecule has 12 rings (SSSR count). The maximum atomic E-state index is 15.5. The molecule has 2 heterocycles. The number of alkyl halides is 3. The third kappa shape index (κ3) is 8.31. The van der Waals surface area contributed by atoms with Gasteiger partial charge in [0.05, 0.1) is 52.1 Å². The van der Waals surface area contributed by atoms with Crippen molar-refractivity contribution >= 4 is 55.0 Å². The van der Waals surface area contributed by atoms with Gasteiger partial charge in [-0.2, -0.15) is 13.2 Å². The van der Waals surface area contributed by atoms with Crippen LogP contribution in [0.4, 0.5) is 24.5 Å². The average Bonchev–Trinajstić information content (AvgIpc) is 4.10. The number of hydrogen-bond donors (Lipinski definition) is 0. The van der Waals surface area contributed by atoms with Crippen LogP contribution < -0.4 is 0 Å². The molecule has 0 unspecified atom stereocenters. The quantitative estimate of drug-likeness (QED) is 0.142. The zero-order valence-electron chi connectivity index (χ0n) is 44.7. The molecule has 78 heavy (non-hydrogen) atoms. The van der Waals surface area contributed by atoms with Crippen LogP contribution in [-0.4, -0.2) is 9.13 Å². The smallest absolute Gasteiger partial charge is 0.308 e. The second-order valence-electron chi connectivity index (χ2n) is 21.2. The maximum absolute atomic E-state index is 15.5. The molecule has 0 N–H and O–H groups in total. The van der Waals surface area contributed by atoms with E-state index in [4.69, 9.17) is 13.1 Å². The molecule has 0 aliphatic carbocycles. The summed E-state index contributed by atoms with van der Waals surface area (Å²) < 4.78 is 51.0. The lowest BCUT2D eigenvalue weighted by Gasteiger charge is -2.22. The summed E-state index contributed by atoms with van der Waals surface area (Å²) in [5.41, 5.74) is 20.8. The fourth-order valence-electron chi connectivity index (χ4n) is 12.1. The summed E-state index contributed by atoms with van der Waals surface area (Å²) in [4.78, 5) is 7.50. The van der Waals surface area contributed by atoms with Crippen molar-refractivity contribution in [1.82, 2.24) is 9.13 Å². The Labute approximate surface area is 452 Å². The van der Waals surface area contributed by atoms with Gasteiger partial charge in [-0.1, -0.05) is 156 Å². The summed E-state index contributed by atoms with van der Waals surface area (Å²) in [5, 5.41) is 3.88. The first-order valence-corrected chi connectivity index (χ1v) is 26.1. The monoisotopic (exact) mass is 1020 g/mol. The Morgan fingerprint density at radius 2 is 0.667 bits per heavy atom. The molecular weight excluding hydrogens is 966 g/mol. The van der Waals surface area contributed by atoms with E-state index in [9.17, 15) is 0 Å². The Morgan fingerprint density at radius 1 is 0.333 bits per heavy atom. The Kier molecular flexibility index (Phi) is 11.8. The third-order valence-corrected chi connectivity index (χ3v) is 15.7. The van der Waals surface area contributed by atoms with E-state index in [2.05, 4.69) is 220 Å². The highest BCUT2D eigenvalue weighted by Gasteiger charge is 2.35. The molecule has 4 nitrogen and oxygen atoms in total. The van der Waals surface area contributed by atoms with Crippen LogP contribution in [0.15, 0.2) is 176 Å². The largest absolute Gasteiger partial charge is 0.415 e. The third-order valence-electron chi connectivity index (χ3n) is 15.7. The van der Waals surface area contributed by atoms with E-state index in [1.807, 2.05) is 0 Å². The Bertz CT molecular complexity index is 4390. The van der Waals surface area contributed by atoms with Crippen molar-refractivity contribution in [3.05, 3.63) is 249 Å². The summed E-state index contributed by atoms with van der Waals surface area (Å²) in [6.45, 7) is 33.4. The standard InChI is InChI=1S/C71H53F3N4/c1-40-11-20-53(44(5)29-40)48-15-24-58-59-25-16-49(54-21-12-41(2)30-45(54)6)34-66(59)77(65(58)33-48)69-38-62(57-28-19-52(75-9)37-63(57)71(72,73)74)64(76-10)39-70(69)78-67-35-50(55-22-13-42(3)31-46(55)7)17-26-60(67)61-27-18-51(36-68(61)78)56-23-14-43(4)32-47(56)8/h11-39H,1-8H3. The molecule has 0 amide bonds. The molecule has 378 valence electrons. The molecule has 0 aliphatic heterocycles. The van der Waals surface area contributed by atoms with Crippen molar-refractivity contribution in [3.63, 3.8) is 0 Å². The average molecular weight is 1020 g/mol. The highest BCUT2D eigenvalue weighted by Crippen LogP contribution is 2.49. The van der Waals surface area contributed by atoms with Crippen LogP contribution in [0.3, 0.4) is 0 Å². The van der Waals surface area contributed by atoms with Gasteiger partial charge in [0, 0.05) is 21.5 Å². The van der Waals surface area contributed by atoms with Gasteiger partial charge >= 0.3 is 6.18 Å². The molecule has 7 heteroatoms. The minimum absolute atomic E-state index is 0.0357. The van der Waals surface area contributed by atoms with E-state index < -0.39 is 11.7 Å². The van der Waals surface area contributed by atoms with E-state index in [1.54, 1.807) is 12.1 Å². The van der Waals surface area contributed by atoms with E-state index in [1.165, 1.54) is 12.1 Å². The van der Waals surface area contributed by atoms with Crippen LogP contribution in [0.1, 0.15) is 50.1 Å². The fraction of sp³-hybridized carbons (Fsp3) is 0.127. The lowest BCUT2D eigenvalue weighted by molar-refractivity contribution is -0.137. The zero-order chi connectivity index (χ0) is 54.5. The maximum Gasteiger partial charge on any atom is 0.415 e. The summed E-state index contributed by atoms with van der Waals surface area (Å²) in [6, 6.07) is 59.2. The predicted molar refractivity (Wildman–Crippen MR) is 318 cm³/mol. The SMILES string of the molecule is [C-]#[N+]c1ccc(-c2cc(-n3c4cc(-c5ccc(C)cc5C)ccc4c4ccc(-c5ccc(C)cc5C)cc43)c(-n3c4cc(-c5ccc(C)cc5C)ccc4c4ccc(-c5ccc(C)cc5C)cc43)cc2[N+]#[C-])c(C(F)(F)F)c1. The van der Waals surface area contributed by atoms with E-state index in [0.717, 1.165) is 139 Å². The Balaban J connectivity index is 1.29. The minimum Gasteiger partial charge on any atom is -0.308 e. The molecule has 12 aromatic rings. The van der Waals surface area contributed by atoms with Gasteiger partial charge < -0.3 is 9.13 Å². The van der Waals surface area contributed by atoms with Crippen molar-refractivity contribution in [2.24, 2.45) is 0 Å². The van der Waals surface area contributed by atoms with Crippen LogP contribution in [0.2, 0.25) is 0 Å². The molecule has 0 spiro atoms. The fourth-order valence-corrected chi connectivity index (χ4v) is 12.1. The molecule has 0 atom stereocenters. The van der Waals surface area contributed by atoms with Gasteiger partial charge in [-0.3, -0.25) is 0 Å². The summed E-state index contributed by atoms with van der Waals surface area (Å²) in [5.74, 6) is 0. The highest BCUT2D eigenvalue weighted by atomic mass is 19.4. The van der Waals surface area contributed by atoms with Gasteiger partial charge in [0.25, 0.3) is 0 Å². The van der Waals surface area contributed by atoms with Crippen molar-refractivity contribution < 1.29 is 13.2 Å². The first-order valence-electron chi connectivity index (χ1n) is 26.1. The van der Waals surface area contributed by atoms with Crippen molar-refractivity contribution in [3.8, 4) is 67.0 Å². The molecule has 0 bridgehead atoms. The van der Waals surface area contributed by atoms with Gasteiger partial charge in [0.1, 0.15) is 0 Å². The molecule has 0 aliphatic rings. The van der Waals surface area contributed by atoms with Gasteiger partial charge in [0.2, 0.25) is 0 Å². The number of benzene rings is 10. The number of aromatic nitrogens is 2. The second kappa shape index (κ2) is 18.7. The van der Waals surface area contributed by atoms with Gasteiger partial charge in [0.15, 0.2) is 11.4 Å². The number of halogens is 3. The molecule has 0 saturated heterocycles. The lowest BCUT2D eigenvalue weighted by atomic mass is 9.95.